The summed E-state index contributed by atoms with van der Waals surface area (Å²) in [7, 11) is 0. The lowest BCUT2D eigenvalue weighted by Gasteiger charge is -2.19. The molecular weight excluding hydrogens is 423 g/mol. The van der Waals surface area contributed by atoms with Crippen LogP contribution in [0.15, 0.2) is 83.4 Å². The molecule has 0 fully saturated rings. The van der Waals surface area contributed by atoms with Crippen LogP contribution in [-0.2, 0) is 0 Å². The number of fused-ring (bicyclic) bond motifs is 1. The number of hydrogen-bond acceptors (Lipinski definition) is 4. The predicted octanol–water partition coefficient (Wildman–Crippen LogP) is 6.57. The monoisotopic (exact) mass is 436 g/mol. The first-order chi connectivity index (χ1) is 14.2. The number of nitrogens with zero attached hydrogens (tertiary/aromatic N) is 3. The van der Waals surface area contributed by atoms with Crippen LogP contribution in [0.1, 0.15) is 5.56 Å². The lowest BCUT2D eigenvalue weighted by Crippen LogP contribution is -2.18. The van der Waals surface area contributed by atoms with Crippen molar-refractivity contribution in [2.45, 2.75) is 5.16 Å². The quantitative estimate of drug-likeness (QED) is 0.394. The molecule has 4 aromatic rings. The van der Waals surface area contributed by atoms with Gasteiger partial charge in [-0.25, -0.2) is 4.68 Å². The van der Waals surface area contributed by atoms with Gasteiger partial charge in [-0.3, -0.25) is 5.43 Å². The predicted molar refractivity (Wildman–Crippen MR) is 121 cm³/mol. The number of rotatable bonds is 3. The number of benzene rings is 3. The minimum atomic E-state index is 0.530. The average molecular weight is 437 g/mol. The Morgan fingerprint density at radius 2 is 1.52 bits per heavy atom. The molecule has 0 bridgehead atoms. The third kappa shape index (κ3) is 3.53. The van der Waals surface area contributed by atoms with Crippen molar-refractivity contribution in [3.05, 3.63) is 93.8 Å². The minimum absolute atomic E-state index is 0.530. The summed E-state index contributed by atoms with van der Waals surface area (Å²) in [6, 6.07) is 24.1. The number of halogens is 2. The largest absolute Gasteiger partial charge is 0.289 e. The lowest BCUT2D eigenvalue weighted by molar-refractivity contribution is 0.826. The Balaban J connectivity index is 1.45. The van der Waals surface area contributed by atoms with E-state index in [-0.39, 0.29) is 0 Å². The molecule has 0 saturated carbocycles. The molecule has 0 amide bonds. The van der Waals surface area contributed by atoms with Gasteiger partial charge in [0.25, 0.3) is 0 Å². The summed E-state index contributed by atoms with van der Waals surface area (Å²) in [5, 5.41) is 12.5. The second kappa shape index (κ2) is 7.59. The molecule has 2 heterocycles. The fraction of sp³-hybridized carbons (Fsp3) is 0. The Labute approximate surface area is 182 Å². The molecule has 142 valence electrons. The summed E-state index contributed by atoms with van der Waals surface area (Å²) < 4.78 is 1.85. The first-order valence-corrected chi connectivity index (χ1v) is 10.5. The van der Waals surface area contributed by atoms with Crippen LogP contribution in [0.25, 0.3) is 28.2 Å². The Hall–Kier alpha value is -2.73. The third-order valence-electron chi connectivity index (χ3n) is 4.62. The molecule has 1 aliphatic rings. The molecule has 4 nitrogen and oxygen atoms in total. The zero-order chi connectivity index (χ0) is 19.8. The molecule has 0 spiro atoms. The van der Waals surface area contributed by atoms with Crippen LogP contribution in [0.4, 0.5) is 0 Å². The van der Waals surface area contributed by atoms with Gasteiger partial charge in [0.1, 0.15) is 0 Å². The van der Waals surface area contributed by atoms with Crippen molar-refractivity contribution in [3.8, 4) is 22.5 Å². The molecule has 0 aliphatic carbocycles. The van der Waals surface area contributed by atoms with E-state index >= 15 is 0 Å². The summed E-state index contributed by atoms with van der Waals surface area (Å²) in [6.07, 6.45) is 0. The van der Waals surface area contributed by atoms with E-state index in [4.69, 9.17) is 23.2 Å². The van der Waals surface area contributed by atoms with Crippen LogP contribution in [0.5, 0.6) is 0 Å². The topological polar surface area (TPSA) is 42.7 Å². The highest BCUT2D eigenvalue weighted by Crippen LogP contribution is 2.35. The Kier molecular flexibility index (Phi) is 4.79. The molecular formula is C22H14Cl2N4S. The molecule has 3 aromatic carbocycles. The molecule has 5 rings (SSSR count). The third-order valence-corrected chi connectivity index (χ3v) is 6.00. The van der Waals surface area contributed by atoms with Gasteiger partial charge in [0.15, 0.2) is 5.82 Å². The Morgan fingerprint density at radius 3 is 2.28 bits per heavy atom. The Morgan fingerprint density at radius 1 is 0.793 bits per heavy atom. The van der Waals surface area contributed by atoms with Crippen molar-refractivity contribution in [2.24, 2.45) is 0 Å². The van der Waals surface area contributed by atoms with Crippen molar-refractivity contribution in [3.63, 3.8) is 0 Å². The van der Waals surface area contributed by atoms with Crippen LogP contribution < -0.4 is 5.43 Å². The van der Waals surface area contributed by atoms with Crippen LogP contribution in [0, 0.1) is 0 Å². The first-order valence-electron chi connectivity index (χ1n) is 8.89. The van der Waals surface area contributed by atoms with Gasteiger partial charge >= 0.3 is 0 Å². The second-order valence-electron chi connectivity index (χ2n) is 6.47. The SMILES string of the molecule is Clc1ccc(-c2nnc3n2NC(c2ccc(-c4ccccc4)cc2)=CS3)c(Cl)c1. The van der Waals surface area contributed by atoms with Gasteiger partial charge in [0, 0.05) is 16.0 Å². The standard InChI is InChI=1S/C22H14Cl2N4S/c23-17-10-11-18(19(24)12-17)21-25-26-22-28(21)27-20(13-29-22)16-8-6-15(7-9-16)14-4-2-1-3-5-14/h1-13,27H. The molecule has 29 heavy (non-hydrogen) atoms. The fourth-order valence-electron chi connectivity index (χ4n) is 3.16. The number of aromatic nitrogens is 3. The summed E-state index contributed by atoms with van der Waals surface area (Å²) in [4.78, 5) is 0. The molecule has 1 aliphatic heterocycles. The maximum absolute atomic E-state index is 6.38. The van der Waals surface area contributed by atoms with Gasteiger partial charge in [-0.1, -0.05) is 89.6 Å². The van der Waals surface area contributed by atoms with Gasteiger partial charge in [-0.2, -0.15) is 0 Å². The summed E-state index contributed by atoms with van der Waals surface area (Å²) in [5.74, 6) is 0.640. The first kappa shape index (κ1) is 18.3. The van der Waals surface area contributed by atoms with Crippen LogP contribution >= 0.6 is 35.0 Å². The molecule has 0 radical (unpaired) electrons. The molecule has 0 unspecified atom stereocenters. The van der Waals surface area contributed by atoms with Crippen LogP contribution in [0.3, 0.4) is 0 Å². The van der Waals surface area contributed by atoms with Crippen molar-refractivity contribution in [1.82, 2.24) is 14.9 Å². The van der Waals surface area contributed by atoms with Crippen molar-refractivity contribution in [1.29, 1.82) is 0 Å². The summed E-state index contributed by atoms with van der Waals surface area (Å²) >= 11 is 13.9. The van der Waals surface area contributed by atoms with Gasteiger partial charge < -0.3 is 0 Å². The molecule has 1 N–H and O–H groups in total. The highest BCUT2D eigenvalue weighted by atomic mass is 35.5. The highest BCUT2D eigenvalue weighted by molar-refractivity contribution is 8.02. The molecule has 1 aromatic heterocycles. The van der Waals surface area contributed by atoms with E-state index in [0.717, 1.165) is 22.0 Å². The van der Waals surface area contributed by atoms with E-state index in [0.29, 0.717) is 15.9 Å². The van der Waals surface area contributed by atoms with Gasteiger partial charge in [-0.05, 0) is 34.9 Å². The number of hydrogen-bond donors (Lipinski definition) is 1. The van der Waals surface area contributed by atoms with E-state index < -0.39 is 0 Å². The lowest BCUT2D eigenvalue weighted by atomic mass is 10.0. The normalized spacial score (nSPS) is 12.8. The fourth-order valence-corrected chi connectivity index (χ4v) is 4.39. The van der Waals surface area contributed by atoms with E-state index in [9.17, 15) is 0 Å². The Bertz CT molecular complexity index is 1220. The second-order valence-corrected chi connectivity index (χ2v) is 8.15. The minimum Gasteiger partial charge on any atom is -0.289 e. The van der Waals surface area contributed by atoms with E-state index in [1.165, 1.54) is 22.9 Å². The maximum atomic E-state index is 6.38. The molecule has 0 saturated heterocycles. The van der Waals surface area contributed by atoms with E-state index in [1.807, 2.05) is 34.3 Å². The van der Waals surface area contributed by atoms with Gasteiger partial charge in [-0.15, -0.1) is 10.2 Å². The number of nitrogens with one attached hydrogen (secondary N) is 1. The zero-order valence-electron chi connectivity index (χ0n) is 15.0. The average Bonchev–Trinajstić information content (AvgIpc) is 3.17. The van der Waals surface area contributed by atoms with Crippen molar-refractivity contribution < 1.29 is 0 Å². The molecule has 7 heteroatoms. The molecule has 0 atom stereocenters. The summed E-state index contributed by atoms with van der Waals surface area (Å²) in [5.41, 5.74) is 8.58. The number of thioether (sulfide) groups is 1. The zero-order valence-corrected chi connectivity index (χ0v) is 17.3. The highest BCUT2D eigenvalue weighted by Gasteiger charge is 2.21. The van der Waals surface area contributed by atoms with Crippen LogP contribution in [-0.4, -0.2) is 14.9 Å². The van der Waals surface area contributed by atoms with E-state index in [1.54, 1.807) is 12.1 Å². The van der Waals surface area contributed by atoms with Gasteiger partial charge in [0.2, 0.25) is 5.16 Å². The van der Waals surface area contributed by atoms with Crippen LogP contribution in [0.2, 0.25) is 10.0 Å². The van der Waals surface area contributed by atoms with Gasteiger partial charge in [0.05, 0.1) is 10.7 Å². The van der Waals surface area contributed by atoms with E-state index in [2.05, 4.69) is 52.0 Å². The van der Waals surface area contributed by atoms with Crippen molar-refractivity contribution in [2.75, 3.05) is 5.43 Å². The summed E-state index contributed by atoms with van der Waals surface area (Å²) in [6.45, 7) is 0. The smallest absolute Gasteiger partial charge is 0.214 e. The van der Waals surface area contributed by atoms with Crippen molar-refractivity contribution >= 4 is 40.7 Å². The maximum Gasteiger partial charge on any atom is 0.214 e.